The van der Waals surface area contributed by atoms with Crippen LogP contribution in [0.5, 0.6) is 5.75 Å². The van der Waals surface area contributed by atoms with Gasteiger partial charge in [-0.2, -0.15) is 5.26 Å². The summed E-state index contributed by atoms with van der Waals surface area (Å²) in [4.78, 5) is 11.0. The van der Waals surface area contributed by atoms with Gasteiger partial charge in [0.1, 0.15) is 12.4 Å². The van der Waals surface area contributed by atoms with Crippen LogP contribution in [0.25, 0.3) is 11.6 Å². The first-order valence-corrected chi connectivity index (χ1v) is 9.27. The van der Waals surface area contributed by atoms with Gasteiger partial charge in [-0.3, -0.25) is 0 Å². The molecule has 0 bridgehead atoms. The van der Waals surface area contributed by atoms with E-state index >= 15 is 0 Å². The molecule has 5 heteroatoms. The van der Waals surface area contributed by atoms with Crippen molar-refractivity contribution >= 4 is 29.2 Å². The van der Waals surface area contributed by atoms with Gasteiger partial charge in [0, 0.05) is 10.6 Å². The van der Waals surface area contributed by atoms with E-state index in [9.17, 15) is 10.1 Å². The number of nitriles is 1. The number of hydrogen-bond donors (Lipinski definition) is 1. The molecule has 0 amide bonds. The first-order valence-electron chi connectivity index (χ1n) is 8.89. The van der Waals surface area contributed by atoms with Crippen molar-refractivity contribution < 1.29 is 14.6 Å². The maximum Gasteiger partial charge on any atom is 0.335 e. The molecule has 0 radical (unpaired) electrons. The van der Waals surface area contributed by atoms with Crippen LogP contribution in [0.4, 0.5) is 0 Å². The molecule has 3 aromatic rings. The maximum absolute atomic E-state index is 11.0. The summed E-state index contributed by atoms with van der Waals surface area (Å²) in [6, 6.07) is 21.7. The largest absolute Gasteiger partial charge is 0.488 e. The fraction of sp³-hybridized carbons (Fsp3) is 0.0833. The zero-order valence-corrected chi connectivity index (χ0v) is 16.5. The minimum Gasteiger partial charge on any atom is -0.488 e. The Bertz CT molecular complexity index is 1090. The van der Waals surface area contributed by atoms with E-state index < -0.39 is 5.97 Å². The van der Waals surface area contributed by atoms with Crippen LogP contribution in [-0.2, 0) is 6.61 Å². The van der Waals surface area contributed by atoms with Crippen molar-refractivity contribution in [2.24, 2.45) is 0 Å². The van der Waals surface area contributed by atoms with Crippen molar-refractivity contribution in [2.75, 3.05) is 0 Å². The number of carbonyl (C=O) groups is 1. The highest BCUT2D eigenvalue weighted by molar-refractivity contribution is 6.30. The monoisotopic (exact) mass is 403 g/mol. The molecule has 0 aliphatic carbocycles. The highest BCUT2D eigenvalue weighted by Gasteiger charge is 2.08. The van der Waals surface area contributed by atoms with E-state index in [-0.39, 0.29) is 12.2 Å². The second-order valence-corrected chi connectivity index (χ2v) is 6.95. The molecule has 3 aromatic carbocycles. The second-order valence-electron chi connectivity index (χ2n) is 6.51. The third kappa shape index (κ3) is 5.25. The molecule has 144 valence electrons. The molecule has 3 rings (SSSR count). The fourth-order valence-corrected chi connectivity index (χ4v) is 2.92. The van der Waals surface area contributed by atoms with Crippen molar-refractivity contribution in [3.8, 4) is 11.8 Å². The maximum atomic E-state index is 11.0. The van der Waals surface area contributed by atoms with Gasteiger partial charge in [-0.05, 0) is 54.5 Å². The van der Waals surface area contributed by atoms with Gasteiger partial charge in [-0.15, -0.1) is 0 Å². The van der Waals surface area contributed by atoms with Gasteiger partial charge in [0.25, 0.3) is 0 Å². The summed E-state index contributed by atoms with van der Waals surface area (Å²) in [7, 11) is 0. The number of carboxylic acid groups (broad SMARTS) is 1. The number of aryl methyl sites for hydroxylation is 1. The van der Waals surface area contributed by atoms with E-state index in [1.807, 2.05) is 31.2 Å². The molecule has 0 saturated heterocycles. The van der Waals surface area contributed by atoms with Gasteiger partial charge in [-0.25, -0.2) is 4.79 Å². The highest BCUT2D eigenvalue weighted by Crippen LogP contribution is 2.28. The van der Waals surface area contributed by atoms with Crippen LogP contribution in [0.15, 0.2) is 66.7 Å². The van der Waals surface area contributed by atoms with Crippen LogP contribution in [-0.4, -0.2) is 11.1 Å². The van der Waals surface area contributed by atoms with Crippen molar-refractivity contribution in [1.82, 2.24) is 0 Å². The Balaban J connectivity index is 1.86. The molecule has 0 fully saturated rings. The number of carboxylic acids is 1. The Morgan fingerprint density at radius 2 is 1.72 bits per heavy atom. The molecule has 0 aliphatic rings. The quantitative estimate of drug-likeness (QED) is 0.405. The molecule has 1 N–H and O–H groups in total. The van der Waals surface area contributed by atoms with E-state index in [2.05, 4.69) is 6.07 Å². The third-order valence-electron chi connectivity index (χ3n) is 4.35. The molecule has 0 spiro atoms. The Hall–Kier alpha value is -3.55. The molecule has 29 heavy (non-hydrogen) atoms. The average Bonchev–Trinajstić information content (AvgIpc) is 2.72. The van der Waals surface area contributed by atoms with Crippen LogP contribution >= 0.6 is 11.6 Å². The fourth-order valence-electron chi connectivity index (χ4n) is 2.74. The van der Waals surface area contributed by atoms with Crippen LogP contribution in [0.1, 0.15) is 32.6 Å². The number of hydrogen-bond acceptors (Lipinski definition) is 3. The number of benzene rings is 3. The van der Waals surface area contributed by atoms with Crippen molar-refractivity contribution in [1.29, 1.82) is 5.26 Å². The van der Waals surface area contributed by atoms with Gasteiger partial charge < -0.3 is 9.84 Å². The molecule has 0 saturated carbocycles. The summed E-state index contributed by atoms with van der Waals surface area (Å²) in [6.07, 6.45) is 1.75. The Kier molecular flexibility index (Phi) is 6.33. The molecule has 0 aliphatic heterocycles. The molecule has 4 nitrogen and oxygen atoms in total. The first-order chi connectivity index (χ1) is 14.0. The van der Waals surface area contributed by atoms with E-state index in [0.717, 1.165) is 16.7 Å². The van der Waals surface area contributed by atoms with Gasteiger partial charge >= 0.3 is 5.97 Å². The lowest BCUT2D eigenvalue weighted by atomic mass is 10.0. The summed E-state index contributed by atoms with van der Waals surface area (Å²) in [5.41, 5.74) is 4.18. The van der Waals surface area contributed by atoms with Crippen molar-refractivity contribution in [2.45, 2.75) is 13.5 Å². The van der Waals surface area contributed by atoms with Crippen LogP contribution < -0.4 is 4.74 Å². The molecule has 0 unspecified atom stereocenters. The minimum atomic E-state index is -0.970. The number of halogens is 1. The standard InChI is InChI=1S/C24H18ClNO3/c1-16-2-6-18(7-3-16)21(14-26)12-20-13-22(25)10-11-23(20)29-15-17-4-8-19(9-5-17)24(27)28/h2-13H,15H2,1H3,(H,27,28)/b21-12+. The summed E-state index contributed by atoms with van der Waals surface area (Å²) in [6.45, 7) is 2.25. The van der Waals surface area contributed by atoms with E-state index in [1.165, 1.54) is 12.1 Å². The zero-order valence-electron chi connectivity index (χ0n) is 15.7. The van der Waals surface area contributed by atoms with Crippen molar-refractivity contribution in [3.05, 3.63) is 99.6 Å². The predicted octanol–water partition coefficient (Wildman–Crippen LogP) is 5.99. The Morgan fingerprint density at radius 3 is 2.34 bits per heavy atom. The molecule has 0 heterocycles. The van der Waals surface area contributed by atoms with Crippen LogP contribution in [0.2, 0.25) is 5.02 Å². The third-order valence-corrected chi connectivity index (χ3v) is 4.59. The summed E-state index contributed by atoms with van der Waals surface area (Å²) in [5.74, 6) is -0.390. The number of rotatable bonds is 6. The number of aromatic carboxylic acids is 1. The summed E-state index contributed by atoms with van der Waals surface area (Å²) < 4.78 is 5.92. The molecule has 0 aromatic heterocycles. The normalized spacial score (nSPS) is 11.0. The molecule has 0 atom stereocenters. The van der Waals surface area contributed by atoms with E-state index in [1.54, 1.807) is 36.4 Å². The van der Waals surface area contributed by atoms with E-state index in [0.29, 0.717) is 21.9 Å². The number of nitrogens with zero attached hydrogens (tertiary/aromatic N) is 1. The van der Waals surface area contributed by atoms with Gasteiger partial charge in [0.05, 0.1) is 17.2 Å². The number of allylic oxidation sites excluding steroid dienone is 1. The second kappa shape index (κ2) is 9.09. The SMILES string of the molecule is Cc1ccc(/C(C#N)=C/c2cc(Cl)ccc2OCc2ccc(C(=O)O)cc2)cc1. The van der Waals surface area contributed by atoms with Crippen LogP contribution in [0.3, 0.4) is 0 Å². The molecular formula is C24H18ClNO3. The Labute approximate surface area is 174 Å². The van der Waals surface area contributed by atoms with Gasteiger partial charge in [-0.1, -0.05) is 53.6 Å². The van der Waals surface area contributed by atoms with Gasteiger partial charge in [0.15, 0.2) is 0 Å². The number of ether oxygens (including phenoxy) is 1. The summed E-state index contributed by atoms with van der Waals surface area (Å²) >= 11 is 6.15. The molecular weight excluding hydrogens is 386 g/mol. The van der Waals surface area contributed by atoms with Gasteiger partial charge in [0.2, 0.25) is 0 Å². The first kappa shape index (κ1) is 20.2. The Morgan fingerprint density at radius 1 is 1.07 bits per heavy atom. The highest BCUT2D eigenvalue weighted by atomic mass is 35.5. The lowest BCUT2D eigenvalue weighted by molar-refractivity contribution is 0.0697. The van der Waals surface area contributed by atoms with Crippen LogP contribution in [0, 0.1) is 18.3 Å². The predicted molar refractivity (Wildman–Crippen MR) is 114 cm³/mol. The zero-order chi connectivity index (χ0) is 20.8. The van der Waals surface area contributed by atoms with Crippen molar-refractivity contribution in [3.63, 3.8) is 0 Å². The summed E-state index contributed by atoms with van der Waals surface area (Å²) in [5, 5.41) is 19.1. The topological polar surface area (TPSA) is 70.3 Å². The lowest BCUT2D eigenvalue weighted by Gasteiger charge is -2.11. The van der Waals surface area contributed by atoms with E-state index in [4.69, 9.17) is 21.4 Å². The average molecular weight is 404 g/mol. The minimum absolute atomic E-state index is 0.223. The lowest BCUT2D eigenvalue weighted by Crippen LogP contribution is -2.00. The smallest absolute Gasteiger partial charge is 0.335 e.